The monoisotopic (exact) mass is 929 g/mol. The van der Waals surface area contributed by atoms with E-state index >= 15 is 0 Å². The summed E-state index contributed by atoms with van der Waals surface area (Å²) >= 11 is 0. The summed E-state index contributed by atoms with van der Waals surface area (Å²) in [5.74, 6) is -0.850. The maximum absolute atomic E-state index is 12.8. The lowest BCUT2D eigenvalue weighted by Crippen LogP contribution is -2.30. The number of carbonyl (C=O) groups is 3. The van der Waals surface area contributed by atoms with Crippen LogP contribution in [0.3, 0.4) is 0 Å². The highest BCUT2D eigenvalue weighted by atomic mass is 16.6. The lowest BCUT2D eigenvalue weighted by Gasteiger charge is -2.18. The number of hydrogen-bond donors (Lipinski definition) is 0. The zero-order valence-corrected chi connectivity index (χ0v) is 44.5. The van der Waals surface area contributed by atoms with Crippen LogP contribution in [-0.2, 0) is 28.6 Å². The van der Waals surface area contributed by atoms with E-state index in [9.17, 15) is 14.4 Å². The van der Waals surface area contributed by atoms with Gasteiger partial charge in [-0.3, -0.25) is 14.4 Å². The van der Waals surface area contributed by atoms with Crippen LogP contribution in [0.1, 0.15) is 323 Å². The van der Waals surface area contributed by atoms with Crippen LogP contribution in [0.5, 0.6) is 0 Å². The van der Waals surface area contributed by atoms with E-state index in [4.69, 9.17) is 14.2 Å². The normalized spacial score (nSPS) is 12.1. The summed E-state index contributed by atoms with van der Waals surface area (Å²) in [6.07, 6.45) is 64.5. The zero-order valence-electron chi connectivity index (χ0n) is 44.5. The third kappa shape index (κ3) is 52.9. The van der Waals surface area contributed by atoms with Crippen molar-refractivity contribution in [3.8, 4) is 0 Å². The summed E-state index contributed by atoms with van der Waals surface area (Å²) in [5, 5.41) is 0. The lowest BCUT2D eigenvalue weighted by molar-refractivity contribution is -0.167. The van der Waals surface area contributed by atoms with Crippen LogP contribution >= 0.6 is 0 Å². The Balaban J connectivity index is 4.28. The summed E-state index contributed by atoms with van der Waals surface area (Å²) < 4.78 is 16.9. The van der Waals surface area contributed by atoms with E-state index in [-0.39, 0.29) is 31.1 Å². The van der Waals surface area contributed by atoms with Crippen molar-refractivity contribution < 1.29 is 28.6 Å². The highest BCUT2D eigenvalue weighted by Crippen LogP contribution is 2.17. The molecular formula is C60H112O6. The molecule has 0 aromatic carbocycles. The molecule has 0 aliphatic carbocycles. The predicted octanol–water partition coefficient (Wildman–Crippen LogP) is 19.5. The largest absolute Gasteiger partial charge is 0.462 e. The average molecular weight is 930 g/mol. The van der Waals surface area contributed by atoms with Crippen molar-refractivity contribution in [2.24, 2.45) is 0 Å². The van der Waals surface area contributed by atoms with E-state index in [1.165, 1.54) is 218 Å². The second-order valence-electron chi connectivity index (χ2n) is 19.9. The second-order valence-corrected chi connectivity index (χ2v) is 19.9. The van der Waals surface area contributed by atoms with Gasteiger partial charge in [-0.05, 0) is 51.4 Å². The van der Waals surface area contributed by atoms with E-state index < -0.39 is 6.10 Å². The summed E-state index contributed by atoms with van der Waals surface area (Å²) in [6.45, 7) is 6.67. The van der Waals surface area contributed by atoms with Gasteiger partial charge in [0.15, 0.2) is 6.10 Å². The first-order chi connectivity index (χ1) is 32.5. The van der Waals surface area contributed by atoms with Gasteiger partial charge in [0.05, 0.1) is 0 Å². The molecule has 6 nitrogen and oxygen atoms in total. The first kappa shape index (κ1) is 63.9. The fourth-order valence-corrected chi connectivity index (χ4v) is 8.77. The van der Waals surface area contributed by atoms with E-state index in [0.29, 0.717) is 19.3 Å². The molecule has 0 saturated heterocycles. The van der Waals surface area contributed by atoms with Gasteiger partial charge in [-0.2, -0.15) is 0 Å². The molecule has 0 fully saturated rings. The molecule has 6 heteroatoms. The van der Waals surface area contributed by atoms with Crippen LogP contribution in [0.15, 0.2) is 24.3 Å². The summed E-state index contributed by atoms with van der Waals surface area (Å²) in [5.41, 5.74) is 0. The lowest BCUT2D eigenvalue weighted by atomic mass is 10.0. The maximum Gasteiger partial charge on any atom is 0.306 e. The Morgan fingerprint density at radius 3 is 0.833 bits per heavy atom. The predicted molar refractivity (Wildman–Crippen MR) is 284 cm³/mol. The molecular weight excluding hydrogens is 817 g/mol. The Morgan fingerprint density at radius 1 is 0.303 bits per heavy atom. The van der Waals surface area contributed by atoms with Gasteiger partial charge >= 0.3 is 17.9 Å². The minimum Gasteiger partial charge on any atom is -0.462 e. The van der Waals surface area contributed by atoms with Crippen LogP contribution in [0.4, 0.5) is 0 Å². The fraction of sp³-hybridized carbons (Fsp3) is 0.883. The molecule has 0 aliphatic heterocycles. The van der Waals surface area contributed by atoms with Crippen LogP contribution in [-0.4, -0.2) is 37.2 Å². The molecule has 0 spiro atoms. The molecule has 0 N–H and O–H groups in total. The SMILES string of the molecule is CCCCCCC/C=C\C/C=C\CCCCCCCCCCCC(=O)OCC(COC(=O)CCCCCCCCCCCCCC)OC(=O)CCCCCCCCCCCCCCCCC. The molecule has 0 amide bonds. The van der Waals surface area contributed by atoms with E-state index in [1.54, 1.807) is 0 Å². The van der Waals surface area contributed by atoms with E-state index in [2.05, 4.69) is 45.1 Å². The number of ether oxygens (including phenoxy) is 3. The minimum absolute atomic E-state index is 0.0668. The van der Waals surface area contributed by atoms with Crippen LogP contribution < -0.4 is 0 Å². The van der Waals surface area contributed by atoms with Gasteiger partial charge in [0.1, 0.15) is 13.2 Å². The third-order valence-corrected chi connectivity index (χ3v) is 13.2. The quantitative estimate of drug-likeness (QED) is 0.0262. The molecule has 0 heterocycles. The molecule has 0 saturated carbocycles. The molecule has 0 rings (SSSR count). The van der Waals surface area contributed by atoms with Crippen molar-refractivity contribution in [2.45, 2.75) is 329 Å². The van der Waals surface area contributed by atoms with Gasteiger partial charge < -0.3 is 14.2 Å². The Hall–Kier alpha value is -2.11. The topological polar surface area (TPSA) is 78.9 Å². The number of unbranched alkanes of at least 4 members (excludes halogenated alkanes) is 39. The van der Waals surface area contributed by atoms with Crippen molar-refractivity contribution in [3.05, 3.63) is 24.3 Å². The van der Waals surface area contributed by atoms with Crippen molar-refractivity contribution >= 4 is 17.9 Å². The molecule has 0 bridgehead atoms. The Kier molecular flexibility index (Phi) is 53.7. The van der Waals surface area contributed by atoms with Crippen molar-refractivity contribution in [3.63, 3.8) is 0 Å². The Labute approximate surface area is 411 Å². The second kappa shape index (κ2) is 55.5. The fourth-order valence-electron chi connectivity index (χ4n) is 8.77. The highest BCUT2D eigenvalue weighted by Gasteiger charge is 2.19. The molecule has 388 valence electrons. The standard InChI is InChI=1S/C60H112O6/c1-4-7-10-13-16-19-22-25-27-28-29-30-31-32-34-35-38-41-44-47-50-53-59(62)65-56-57(55-64-58(61)52-49-46-43-40-37-24-21-18-15-12-9-6-3)66-60(63)54-51-48-45-42-39-36-33-26-23-20-17-14-11-8-5-2/h22,25,28-29,57H,4-21,23-24,26-27,30-56H2,1-3H3/b25-22-,29-28-. The van der Waals surface area contributed by atoms with E-state index in [0.717, 1.165) is 64.2 Å². The summed E-state index contributed by atoms with van der Waals surface area (Å²) in [7, 11) is 0. The number of carbonyl (C=O) groups excluding carboxylic acids is 3. The highest BCUT2D eigenvalue weighted by molar-refractivity contribution is 5.71. The Morgan fingerprint density at radius 2 is 0.545 bits per heavy atom. The summed E-state index contributed by atoms with van der Waals surface area (Å²) in [4.78, 5) is 38.1. The third-order valence-electron chi connectivity index (χ3n) is 13.2. The van der Waals surface area contributed by atoms with Crippen molar-refractivity contribution in [2.75, 3.05) is 13.2 Å². The minimum atomic E-state index is -0.767. The number of esters is 3. The van der Waals surface area contributed by atoms with Crippen molar-refractivity contribution in [1.82, 2.24) is 0 Å². The molecule has 1 atom stereocenters. The first-order valence-electron chi connectivity index (χ1n) is 29.3. The van der Waals surface area contributed by atoms with Gasteiger partial charge in [0.25, 0.3) is 0 Å². The average Bonchev–Trinajstić information content (AvgIpc) is 3.31. The first-order valence-corrected chi connectivity index (χ1v) is 29.3. The molecule has 0 aromatic heterocycles. The number of rotatable bonds is 54. The van der Waals surface area contributed by atoms with Crippen LogP contribution in [0.25, 0.3) is 0 Å². The number of allylic oxidation sites excluding steroid dienone is 4. The van der Waals surface area contributed by atoms with Crippen LogP contribution in [0.2, 0.25) is 0 Å². The van der Waals surface area contributed by atoms with Gasteiger partial charge in [-0.25, -0.2) is 0 Å². The van der Waals surface area contributed by atoms with Gasteiger partial charge in [-0.1, -0.05) is 276 Å². The van der Waals surface area contributed by atoms with Gasteiger partial charge in [-0.15, -0.1) is 0 Å². The molecule has 0 aliphatic rings. The maximum atomic E-state index is 12.8. The molecule has 66 heavy (non-hydrogen) atoms. The van der Waals surface area contributed by atoms with Gasteiger partial charge in [0, 0.05) is 19.3 Å². The Bertz CT molecular complexity index is 1070. The van der Waals surface area contributed by atoms with E-state index in [1.807, 2.05) is 0 Å². The summed E-state index contributed by atoms with van der Waals surface area (Å²) in [6, 6.07) is 0. The molecule has 0 radical (unpaired) electrons. The van der Waals surface area contributed by atoms with Crippen molar-refractivity contribution in [1.29, 1.82) is 0 Å². The molecule has 1 unspecified atom stereocenters. The van der Waals surface area contributed by atoms with Gasteiger partial charge in [0.2, 0.25) is 0 Å². The smallest absolute Gasteiger partial charge is 0.306 e. The molecule has 0 aromatic rings. The number of hydrogen-bond acceptors (Lipinski definition) is 6. The zero-order chi connectivity index (χ0) is 47.9. The van der Waals surface area contributed by atoms with Crippen LogP contribution in [0, 0.1) is 0 Å².